The second-order valence-electron chi connectivity index (χ2n) is 9.24. The number of hydrogen-bond acceptors (Lipinski definition) is 4. The van der Waals surface area contributed by atoms with Gasteiger partial charge >= 0.3 is 0 Å². The Balaban J connectivity index is 1.77. The van der Waals surface area contributed by atoms with Crippen LogP contribution in [-0.4, -0.2) is 26.6 Å². The van der Waals surface area contributed by atoms with Crippen LogP contribution < -0.4 is 11.1 Å². The maximum atomic E-state index is 14.2. The van der Waals surface area contributed by atoms with Crippen molar-refractivity contribution in [1.29, 1.82) is 0 Å². The lowest BCUT2D eigenvalue weighted by atomic mass is 9.94. The highest BCUT2D eigenvalue weighted by Crippen LogP contribution is 2.33. The predicted molar refractivity (Wildman–Crippen MR) is 141 cm³/mol. The van der Waals surface area contributed by atoms with Gasteiger partial charge in [0.2, 0.25) is 5.91 Å². The summed E-state index contributed by atoms with van der Waals surface area (Å²) >= 11 is 0. The third-order valence-corrected chi connectivity index (χ3v) is 6.38. The van der Waals surface area contributed by atoms with Crippen LogP contribution in [0.3, 0.4) is 0 Å². The summed E-state index contributed by atoms with van der Waals surface area (Å²) in [5.74, 6) is -4.77. The molecule has 2 aromatic carbocycles. The smallest absolute Gasteiger partial charge is 0.282 e. The second-order valence-corrected chi connectivity index (χ2v) is 9.24. The molecule has 0 radical (unpaired) electrons. The lowest BCUT2D eigenvalue weighted by Crippen LogP contribution is -2.34. The van der Waals surface area contributed by atoms with Crippen LogP contribution in [0.4, 0.5) is 30.7 Å². The normalized spacial score (nSPS) is 12.0. The van der Waals surface area contributed by atoms with Crippen molar-refractivity contribution in [2.24, 2.45) is 5.73 Å². The average Bonchev–Trinajstić information content (AvgIpc) is 3.31. The molecule has 3 N–H and O–H groups in total. The van der Waals surface area contributed by atoms with Crippen LogP contribution in [-0.2, 0) is 17.8 Å². The maximum Gasteiger partial charge on any atom is 0.282 e. The van der Waals surface area contributed by atoms with Gasteiger partial charge in [0, 0.05) is 23.4 Å². The Morgan fingerprint density at radius 2 is 1.67 bits per heavy atom. The fraction of sp³-hybridized carbons (Fsp3) is 0.172. The molecule has 2 aromatic heterocycles. The summed E-state index contributed by atoms with van der Waals surface area (Å²) in [6, 6.07) is 7.89. The van der Waals surface area contributed by atoms with Gasteiger partial charge in [-0.25, -0.2) is 30.7 Å². The molecule has 1 atom stereocenters. The first-order valence-corrected chi connectivity index (χ1v) is 12.5. The topological polar surface area (TPSA) is 103 Å². The van der Waals surface area contributed by atoms with Crippen LogP contribution in [0.1, 0.15) is 57.5 Å². The number of hydrogen-bond donors (Lipinski definition) is 2. The molecule has 0 bridgehead atoms. The molecule has 7 nitrogen and oxygen atoms in total. The quantitative estimate of drug-likeness (QED) is 0.202. The molecule has 2 heterocycles. The fourth-order valence-electron chi connectivity index (χ4n) is 4.61. The Morgan fingerprint density at radius 1 is 0.977 bits per heavy atom. The van der Waals surface area contributed by atoms with Gasteiger partial charge in [0.15, 0.2) is 0 Å². The Hall–Kier alpha value is -5.01. The number of rotatable bonds is 11. The van der Waals surface area contributed by atoms with Crippen LogP contribution in [0, 0.1) is 17.5 Å². The van der Waals surface area contributed by atoms with Crippen LogP contribution >= 0.6 is 0 Å². The minimum absolute atomic E-state index is 0.0672. The summed E-state index contributed by atoms with van der Waals surface area (Å²) in [5, 5.41) is 6.03. The lowest BCUT2D eigenvalue weighted by Gasteiger charge is -2.22. The van der Waals surface area contributed by atoms with Crippen molar-refractivity contribution < 1.29 is 40.3 Å². The molecule has 4 aromatic rings. The third-order valence-electron chi connectivity index (χ3n) is 6.38. The number of alkyl halides is 4. The standard InChI is InChI=1S/C29H22F7N5O2/c1-2-18-25(27(33)34)40-41(26(18)28(35)36)13-23(42)39-22(10-14-8-16(30)12-17(31)9-14)24-19(4-3-7-38-24)15-5-6-21(32)20(11-15)29(37)43/h2-9,11-12,22,27-28H,1,10,13H2,(H2,37,43)(H,39,42). The van der Waals surface area contributed by atoms with Gasteiger partial charge in [0.05, 0.1) is 17.3 Å². The SMILES string of the molecule is C=Cc1c(C(F)F)nn(CC(=O)NC(Cc2cc(F)cc(F)c2)c2ncccc2-c2ccc(F)c(C(N)=O)c2)c1C(F)F. The van der Waals surface area contributed by atoms with E-state index in [0.717, 1.165) is 30.3 Å². The Bertz CT molecular complexity index is 1670. The predicted octanol–water partition coefficient (Wildman–Crippen LogP) is 6.08. The highest BCUT2D eigenvalue weighted by Gasteiger charge is 2.29. The highest BCUT2D eigenvalue weighted by molar-refractivity contribution is 5.94. The zero-order valence-electron chi connectivity index (χ0n) is 22.0. The Kier molecular flexibility index (Phi) is 9.27. The molecule has 224 valence electrons. The number of nitrogens with zero attached hydrogens (tertiary/aromatic N) is 3. The van der Waals surface area contributed by atoms with Crippen molar-refractivity contribution in [2.45, 2.75) is 31.9 Å². The minimum atomic E-state index is -3.29. The molecule has 4 rings (SSSR count). The molecular formula is C29H22F7N5O2. The van der Waals surface area contributed by atoms with Gasteiger partial charge in [-0.3, -0.25) is 19.3 Å². The van der Waals surface area contributed by atoms with Gasteiger partial charge < -0.3 is 11.1 Å². The third kappa shape index (κ3) is 6.90. The molecule has 0 fully saturated rings. The number of halogens is 7. The number of nitrogens with one attached hydrogen (secondary N) is 1. The first-order valence-electron chi connectivity index (χ1n) is 12.5. The molecule has 2 amide bonds. The number of carbonyl (C=O) groups excluding carboxylic acids is 2. The number of nitrogens with two attached hydrogens (primary N) is 1. The number of aromatic nitrogens is 3. The molecule has 0 aliphatic rings. The monoisotopic (exact) mass is 605 g/mol. The maximum absolute atomic E-state index is 14.2. The van der Waals surface area contributed by atoms with Crippen LogP contribution in [0.25, 0.3) is 17.2 Å². The molecule has 43 heavy (non-hydrogen) atoms. The number of pyridine rings is 1. The number of benzene rings is 2. The van der Waals surface area contributed by atoms with E-state index < -0.39 is 77.2 Å². The van der Waals surface area contributed by atoms with Crippen molar-refractivity contribution in [1.82, 2.24) is 20.1 Å². The Morgan fingerprint density at radius 3 is 2.28 bits per heavy atom. The van der Waals surface area contributed by atoms with E-state index in [1.165, 1.54) is 24.4 Å². The van der Waals surface area contributed by atoms with E-state index >= 15 is 0 Å². The van der Waals surface area contributed by atoms with Gasteiger partial charge in [-0.1, -0.05) is 24.8 Å². The number of amides is 2. The largest absolute Gasteiger partial charge is 0.366 e. The first-order chi connectivity index (χ1) is 20.4. The van der Waals surface area contributed by atoms with Crippen LogP contribution in [0.15, 0.2) is 61.3 Å². The summed E-state index contributed by atoms with van der Waals surface area (Å²) in [5.41, 5.74) is 2.92. The van der Waals surface area contributed by atoms with E-state index in [2.05, 4.69) is 22.0 Å². The van der Waals surface area contributed by atoms with E-state index in [1.54, 1.807) is 0 Å². The molecule has 0 saturated heterocycles. The zero-order valence-corrected chi connectivity index (χ0v) is 22.0. The number of primary amides is 1. The van der Waals surface area contributed by atoms with E-state index in [-0.39, 0.29) is 28.8 Å². The highest BCUT2D eigenvalue weighted by atomic mass is 19.3. The Labute approximate surface area is 239 Å². The van der Waals surface area contributed by atoms with Crippen molar-refractivity contribution in [3.63, 3.8) is 0 Å². The fourth-order valence-corrected chi connectivity index (χ4v) is 4.61. The first kappa shape index (κ1) is 30.9. The summed E-state index contributed by atoms with van der Waals surface area (Å²) in [6.45, 7) is 2.34. The van der Waals surface area contributed by atoms with E-state index in [4.69, 9.17) is 5.73 Å². The average molecular weight is 606 g/mol. The van der Waals surface area contributed by atoms with Crippen molar-refractivity contribution >= 4 is 17.9 Å². The second kappa shape index (κ2) is 12.9. The summed E-state index contributed by atoms with van der Waals surface area (Å²) in [6.07, 6.45) is -4.68. The van der Waals surface area contributed by atoms with Crippen molar-refractivity contribution in [3.05, 3.63) is 113 Å². The molecule has 0 spiro atoms. The van der Waals surface area contributed by atoms with E-state index in [9.17, 15) is 40.3 Å². The summed E-state index contributed by atoms with van der Waals surface area (Å²) < 4.78 is 97.2. The molecular weight excluding hydrogens is 583 g/mol. The van der Waals surface area contributed by atoms with Crippen LogP contribution in [0.2, 0.25) is 0 Å². The molecule has 14 heteroatoms. The molecule has 0 aliphatic carbocycles. The molecule has 0 saturated carbocycles. The van der Waals surface area contributed by atoms with Gasteiger partial charge in [-0.05, 0) is 47.9 Å². The van der Waals surface area contributed by atoms with E-state index in [1.807, 2.05) is 0 Å². The zero-order chi connectivity index (χ0) is 31.4. The lowest BCUT2D eigenvalue weighted by molar-refractivity contribution is -0.122. The van der Waals surface area contributed by atoms with Gasteiger partial charge in [-0.15, -0.1) is 0 Å². The summed E-state index contributed by atoms with van der Waals surface area (Å²) in [7, 11) is 0. The summed E-state index contributed by atoms with van der Waals surface area (Å²) in [4.78, 5) is 29.2. The molecule has 0 aliphatic heterocycles. The van der Waals surface area contributed by atoms with Crippen LogP contribution in [0.5, 0.6) is 0 Å². The minimum Gasteiger partial charge on any atom is -0.366 e. The van der Waals surface area contributed by atoms with Crippen molar-refractivity contribution in [3.8, 4) is 11.1 Å². The number of carbonyl (C=O) groups is 2. The van der Waals surface area contributed by atoms with Gasteiger partial charge in [-0.2, -0.15) is 5.10 Å². The van der Waals surface area contributed by atoms with Gasteiger partial charge in [0.25, 0.3) is 18.8 Å². The van der Waals surface area contributed by atoms with Gasteiger partial charge in [0.1, 0.15) is 35.4 Å². The van der Waals surface area contributed by atoms with Crippen molar-refractivity contribution in [2.75, 3.05) is 0 Å². The molecule has 1 unspecified atom stereocenters. The van der Waals surface area contributed by atoms with E-state index in [0.29, 0.717) is 10.7 Å².